The lowest BCUT2D eigenvalue weighted by molar-refractivity contribution is -0.135. The number of nitrogens with zero attached hydrogens (tertiary/aromatic N) is 3. The lowest BCUT2D eigenvalue weighted by Crippen LogP contribution is -2.52. The van der Waals surface area contributed by atoms with Crippen molar-refractivity contribution in [3.63, 3.8) is 0 Å². The van der Waals surface area contributed by atoms with Crippen LogP contribution in [-0.4, -0.2) is 60.5 Å². The van der Waals surface area contributed by atoms with Crippen LogP contribution in [0.4, 0.5) is 0 Å². The molecule has 1 aromatic heterocycles. The number of piperidine rings is 1. The third-order valence-electron chi connectivity index (χ3n) is 4.75. The van der Waals surface area contributed by atoms with Gasteiger partial charge in [-0.3, -0.25) is 9.78 Å². The highest BCUT2D eigenvalue weighted by molar-refractivity contribution is 7.88. The fourth-order valence-electron chi connectivity index (χ4n) is 3.36. The number of pyridine rings is 1. The van der Waals surface area contributed by atoms with Crippen LogP contribution in [0, 0.1) is 0 Å². The maximum absolute atomic E-state index is 12.6. The first-order chi connectivity index (χ1) is 13.4. The molecule has 0 saturated carbocycles. The molecule has 1 saturated heterocycles. The molecule has 150 valence electrons. The molecule has 1 aliphatic heterocycles. The van der Waals surface area contributed by atoms with Gasteiger partial charge in [0.05, 0.1) is 6.26 Å². The number of carbonyl (C=O) groups is 1. The molecular weight excluding hydrogens is 378 g/mol. The minimum atomic E-state index is -3.43. The van der Waals surface area contributed by atoms with Crippen LogP contribution in [0.1, 0.15) is 18.4 Å². The quantitative estimate of drug-likeness (QED) is 0.706. The Hall–Kier alpha value is -2.45. The van der Waals surface area contributed by atoms with Gasteiger partial charge >= 0.3 is 0 Å². The van der Waals surface area contributed by atoms with Crippen molar-refractivity contribution in [3.8, 4) is 5.75 Å². The lowest BCUT2D eigenvalue weighted by atomic mass is 10.1. The van der Waals surface area contributed by atoms with Crippen LogP contribution in [-0.2, 0) is 21.4 Å². The standard InChI is InChI=1S/C20H25N3O4S/c1-28(25,26)23(14-17-7-5-11-21-13-17)18-8-6-12-22(15-18)20(24)16-27-19-9-3-2-4-10-19/h2-5,7,9-11,13,18H,6,8,12,14-16H2,1H3. The molecule has 3 rings (SSSR count). The van der Waals surface area contributed by atoms with Gasteiger partial charge in [0.2, 0.25) is 10.0 Å². The molecule has 1 atom stereocenters. The first-order valence-electron chi connectivity index (χ1n) is 9.25. The number of aromatic nitrogens is 1. The molecular formula is C20H25N3O4S. The average Bonchev–Trinajstić information content (AvgIpc) is 2.71. The molecule has 1 fully saturated rings. The summed E-state index contributed by atoms with van der Waals surface area (Å²) >= 11 is 0. The Morgan fingerprint density at radius 3 is 2.71 bits per heavy atom. The molecule has 8 heteroatoms. The second-order valence-corrected chi connectivity index (χ2v) is 8.84. The Labute approximate surface area is 166 Å². The summed E-state index contributed by atoms with van der Waals surface area (Å²) in [5.74, 6) is 0.502. The van der Waals surface area contributed by atoms with Gasteiger partial charge in [0.1, 0.15) is 5.75 Å². The van der Waals surface area contributed by atoms with Crippen molar-refractivity contribution >= 4 is 15.9 Å². The highest BCUT2D eigenvalue weighted by Crippen LogP contribution is 2.21. The molecule has 0 bridgehead atoms. The number of para-hydroxylation sites is 1. The van der Waals surface area contributed by atoms with Crippen LogP contribution in [0.2, 0.25) is 0 Å². The fraction of sp³-hybridized carbons (Fsp3) is 0.400. The monoisotopic (exact) mass is 403 g/mol. The van der Waals surface area contributed by atoms with Crippen molar-refractivity contribution in [2.45, 2.75) is 25.4 Å². The Bertz CT molecular complexity index is 875. The third kappa shape index (κ3) is 5.53. The molecule has 2 heterocycles. The number of sulfonamides is 1. The van der Waals surface area contributed by atoms with Gasteiger partial charge in [0.25, 0.3) is 5.91 Å². The van der Waals surface area contributed by atoms with E-state index in [1.54, 1.807) is 35.5 Å². The van der Waals surface area contributed by atoms with Crippen LogP contribution in [0.15, 0.2) is 54.9 Å². The van der Waals surface area contributed by atoms with E-state index in [1.165, 1.54) is 10.6 Å². The van der Waals surface area contributed by atoms with Gasteiger partial charge in [-0.15, -0.1) is 0 Å². The molecule has 0 N–H and O–H groups in total. The van der Waals surface area contributed by atoms with Crippen LogP contribution < -0.4 is 4.74 Å². The SMILES string of the molecule is CS(=O)(=O)N(Cc1cccnc1)C1CCCN(C(=O)COc2ccccc2)C1. The van der Waals surface area contributed by atoms with Crippen LogP contribution in [0.3, 0.4) is 0 Å². The van der Waals surface area contributed by atoms with Crippen LogP contribution >= 0.6 is 0 Å². The molecule has 0 spiro atoms. The lowest BCUT2D eigenvalue weighted by Gasteiger charge is -2.38. The summed E-state index contributed by atoms with van der Waals surface area (Å²) in [7, 11) is -3.43. The molecule has 1 aromatic carbocycles. The number of likely N-dealkylation sites (tertiary alicyclic amines) is 1. The zero-order valence-electron chi connectivity index (χ0n) is 15.9. The van der Waals surface area contributed by atoms with E-state index in [4.69, 9.17) is 4.74 Å². The number of hydrogen-bond donors (Lipinski definition) is 0. The summed E-state index contributed by atoms with van der Waals surface area (Å²) in [6.45, 7) is 1.17. The zero-order valence-corrected chi connectivity index (χ0v) is 16.7. The smallest absolute Gasteiger partial charge is 0.260 e. The number of benzene rings is 1. The Kier molecular flexibility index (Phi) is 6.64. The van der Waals surface area contributed by atoms with Crippen molar-refractivity contribution < 1.29 is 17.9 Å². The van der Waals surface area contributed by atoms with Gasteiger partial charge in [-0.1, -0.05) is 24.3 Å². The highest BCUT2D eigenvalue weighted by atomic mass is 32.2. The number of ether oxygens (including phenoxy) is 1. The summed E-state index contributed by atoms with van der Waals surface area (Å²) in [4.78, 5) is 18.3. The van der Waals surface area contributed by atoms with Gasteiger partial charge < -0.3 is 9.64 Å². The molecule has 1 aliphatic rings. The molecule has 0 aliphatic carbocycles. The van der Waals surface area contributed by atoms with Gasteiger partial charge in [0, 0.05) is 38.1 Å². The first kappa shape index (κ1) is 20.3. The van der Waals surface area contributed by atoms with Gasteiger partial charge in [0.15, 0.2) is 6.61 Å². The summed E-state index contributed by atoms with van der Waals surface area (Å²) < 4.78 is 31.8. The van der Waals surface area contributed by atoms with Crippen LogP contribution in [0.5, 0.6) is 5.75 Å². The van der Waals surface area contributed by atoms with Gasteiger partial charge in [-0.2, -0.15) is 4.31 Å². The number of hydrogen-bond acceptors (Lipinski definition) is 5. The topological polar surface area (TPSA) is 79.8 Å². The molecule has 7 nitrogen and oxygen atoms in total. The van der Waals surface area contributed by atoms with E-state index < -0.39 is 10.0 Å². The van der Waals surface area contributed by atoms with Gasteiger partial charge in [-0.25, -0.2) is 8.42 Å². The molecule has 28 heavy (non-hydrogen) atoms. The van der Waals surface area contributed by atoms with E-state index in [9.17, 15) is 13.2 Å². The largest absolute Gasteiger partial charge is 0.484 e. The number of rotatable bonds is 7. The second kappa shape index (κ2) is 9.16. The fourth-order valence-corrected chi connectivity index (χ4v) is 4.46. The zero-order chi connectivity index (χ0) is 20.0. The Balaban J connectivity index is 1.65. The van der Waals surface area contributed by atoms with Crippen molar-refractivity contribution in [1.82, 2.24) is 14.2 Å². The third-order valence-corrected chi connectivity index (χ3v) is 6.03. The van der Waals surface area contributed by atoms with E-state index >= 15 is 0 Å². The van der Waals surface area contributed by atoms with Crippen molar-refractivity contribution in [2.24, 2.45) is 0 Å². The van der Waals surface area contributed by atoms with E-state index in [0.717, 1.165) is 18.4 Å². The minimum Gasteiger partial charge on any atom is -0.484 e. The van der Waals surface area contributed by atoms with Crippen molar-refractivity contribution in [3.05, 3.63) is 60.4 Å². The Morgan fingerprint density at radius 2 is 2.04 bits per heavy atom. The normalized spacial score (nSPS) is 17.5. The second-order valence-electron chi connectivity index (χ2n) is 6.91. The first-order valence-corrected chi connectivity index (χ1v) is 11.1. The van der Waals surface area contributed by atoms with Crippen molar-refractivity contribution in [1.29, 1.82) is 0 Å². The molecule has 2 aromatic rings. The maximum atomic E-state index is 12.6. The predicted octanol–water partition coefficient (Wildman–Crippen LogP) is 1.91. The van der Waals surface area contributed by atoms with E-state index in [-0.39, 0.29) is 25.1 Å². The molecule has 1 unspecified atom stereocenters. The highest BCUT2D eigenvalue weighted by Gasteiger charge is 2.32. The van der Waals surface area contributed by atoms with Gasteiger partial charge in [-0.05, 0) is 36.6 Å². The van der Waals surface area contributed by atoms with Crippen LogP contribution in [0.25, 0.3) is 0 Å². The molecule has 1 amide bonds. The summed E-state index contributed by atoms with van der Waals surface area (Å²) in [5.41, 5.74) is 0.823. The predicted molar refractivity (Wildman–Crippen MR) is 106 cm³/mol. The van der Waals surface area contributed by atoms with E-state index in [2.05, 4.69) is 4.98 Å². The summed E-state index contributed by atoms with van der Waals surface area (Å²) in [5, 5.41) is 0. The number of amides is 1. The van der Waals surface area contributed by atoms with E-state index in [0.29, 0.717) is 18.8 Å². The number of carbonyl (C=O) groups excluding carboxylic acids is 1. The minimum absolute atomic E-state index is 0.0573. The van der Waals surface area contributed by atoms with Crippen molar-refractivity contribution in [2.75, 3.05) is 26.0 Å². The van der Waals surface area contributed by atoms with E-state index in [1.807, 2.05) is 24.3 Å². The summed E-state index contributed by atoms with van der Waals surface area (Å²) in [6.07, 6.45) is 6.00. The summed E-state index contributed by atoms with van der Waals surface area (Å²) in [6, 6.07) is 12.5. The Morgan fingerprint density at radius 1 is 1.25 bits per heavy atom. The maximum Gasteiger partial charge on any atom is 0.260 e. The average molecular weight is 404 g/mol. The molecule has 0 radical (unpaired) electrons.